The minimum atomic E-state index is -0.375. The van der Waals surface area contributed by atoms with E-state index < -0.39 is 0 Å². The summed E-state index contributed by atoms with van der Waals surface area (Å²) in [5, 5.41) is 12.9. The van der Waals surface area contributed by atoms with Crippen molar-refractivity contribution in [1.82, 2.24) is 5.32 Å². The number of hydrogen-bond donors (Lipinski definition) is 2. The van der Waals surface area contributed by atoms with E-state index in [4.69, 9.17) is 9.47 Å². The highest BCUT2D eigenvalue weighted by Crippen LogP contribution is 2.13. The Bertz CT molecular complexity index is 356. The lowest BCUT2D eigenvalue weighted by molar-refractivity contribution is 0.122. The maximum Gasteiger partial charge on any atom is 0.119 e. The largest absolute Gasteiger partial charge is 0.497 e. The van der Waals surface area contributed by atoms with E-state index in [0.29, 0.717) is 13.2 Å². The number of aliphatic hydroxyl groups is 1. The van der Waals surface area contributed by atoms with Crippen LogP contribution in [0.5, 0.6) is 5.75 Å². The molecular formula is C13H19NO3. The van der Waals surface area contributed by atoms with Crippen LogP contribution in [0.3, 0.4) is 0 Å². The smallest absolute Gasteiger partial charge is 0.119 e. The first-order valence-corrected chi connectivity index (χ1v) is 5.91. The van der Waals surface area contributed by atoms with E-state index in [9.17, 15) is 5.11 Å². The van der Waals surface area contributed by atoms with Crippen molar-refractivity contribution in [3.63, 3.8) is 0 Å². The van der Waals surface area contributed by atoms with E-state index in [2.05, 4.69) is 11.4 Å². The van der Waals surface area contributed by atoms with Gasteiger partial charge < -0.3 is 19.9 Å². The second-order valence-electron chi connectivity index (χ2n) is 4.27. The van der Waals surface area contributed by atoms with Crippen molar-refractivity contribution in [2.24, 2.45) is 0 Å². The van der Waals surface area contributed by atoms with E-state index >= 15 is 0 Å². The van der Waals surface area contributed by atoms with Gasteiger partial charge in [-0.15, -0.1) is 0 Å². The standard InChI is InChI=1S/C13H19NO3/c1-16-11-4-2-3-10(7-11)5-6-14-12-8-17-9-13(12)15/h2-4,7,12-15H,5-6,8-9H2,1H3. The molecule has 0 bridgehead atoms. The molecule has 0 aliphatic carbocycles. The van der Waals surface area contributed by atoms with E-state index in [1.165, 1.54) is 5.56 Å². The molecule has 2 atom stereocenters. The Hall–Kier alpha value is -1.10. The molecule has 1 heterocycles. The molecule has 0 aromatic heterocycles. The van der Waals surface area contributed by atoms with Gasteiger partial charge in [-0.2, -0.15) is 0 Å². The molecule has 0 saturated carbocycles. The summed E-state index contributed by atoms with van der Waals surface area (Å²) in [6, 6.07) is 8.10. The zero-order chi connectivity index (χ0) is 12.1. The van der Waals surface area contributed by atoms with Crippen LogP contribution in [0.2, 0.25) is 0 Å². The zero-order valence-electron chi connectivity index (χ0n) is 10.1. The van der Waals surface area contributed by atoms with Crippen LogP contribution < -0.4 is 10.1 Å². The Morgan fingerprint density at radius 3 is 3.06 bits per heavy atom. The normalized spacial score (nSPS) is 23.9. The topological polar surface area (TPSA) is 50.7 Å². The van der Waals surface area contributed by atoms with Crippen LogP contribution in [-0.2, 0) is 11.2 Å². The van der Waals surface area contributed by atoms with Crippen LogP contribution >= 0.6 is 0 Å². The quantitative estimate of drug-likeness (QED) is 0.787. The second kappa shape index (κ2) is 6.00. The molecule has 1 saturated heterocycles. The number of aliphatic hydroxyl groups excluding tert-OH is 1. The molecule has 0 spiro atoms. The van der Waals surface area contributed by atoms with Gasteiger partial charge in [-0.25, -0.2) is 0 Å². The first-order valence-electron chi connectivity index (χ1n) is 5.91. The van der Waals surface area contributed by atoms with E-state index in [1.54, 1.807) is 7.11 Å². The van der Waals surface area contributed by atoms with Crippen LogP contribution in [0.25, 0.3) is 0 Å². The summed E-state index contributed by atoms with van der Waals surface area (Å²) in [6.07, 6.45) is 0.542. The molecule has 1 aromatic carbocycles. The summed E-state index contributed by atoms with van der Waals surface area (Å²) in [6.45, 7) is 1.87. The van der Waals surface area contributed by atoms with Crippen molar-refractivity contribution in [3.05, 3.63) is 29.8 Å². The first-order chi connectivity index (χ1) is 8.29. The van der Waals surface area contributed by atoms with Gasteiger partial charge in [-0.3, -0.25) is 0 Å². The highest BCUT2D eigenvalue weighted by atomic mass is 16.5. The van der Waals surface area contributed by atoms with Crippen molar-refractivity contribution in [1.29, 1.82) is 0 Å². The molecule has 2 unspecified atom stereocenters. The molecule has 1 aliphatic heterocycles. The summed E-state index contributed by atoms with van der Waals surface area (Å²) in [4.78, 5) is 0. The molecule has 2 rings (SSSR count). The Labute approximate surface area is 102 Å². The SMILES string of the molecule is COc1cccc(CCNC2COCC2O)c1. The van der Waals surface area contributed by atoms with Gasteiger partial charge in [0, 0.05) is 0 Å². The minimum absolute atomic E-state index is 0.0700. The summed E-state index contributed by atoms with van der Waals surface area (Å²) in [7, 11) is 1.67. The second-order valence-corrected chi connectivity index (χ2v) is 4.27. The van der Waals surface area contributed by atoms with Crippen LogP contribution in [0, 0.1) is 0 Å². The lowest BCUT2D eigenvalue weighted by atomic mass is 10.1. The lowest BCUT2D eigenvalue weighted by Crippen LogP contribution is -2.39. The first kappa shape index (κ1) is 12.4. The molecule has 2 N–H and O–H groups in total. The maximum absolute atomic E-state index is 9.56. The summed E-state index contributed by atoms with van der Waals surface area (Å²) < 4.78 is 10.3. The molecule has 17 heavy (non-hydrogen) atoms. The molecule has 4 nitrogen and oxygen atoms in total. The number of methoxy groups -OCH3 is 1. The molecule has 0 amide bonds. The van der Waals surface area contributed by atoms with Gasteiger partial charge >= 0.3 is 0 Å². The van der Waals surface area contributed by atoms with E-state index in [-0.39, 0.29) is 12.1 Å². The molecule has 94 valence electrons. The highest BCUT2D eigenvalue weighted by molar-refractivity contribution is 5.28. The predicted molar refractivity (Wildman–Crippen MR) is 65.3 cm³/mol. The van der Waals surface area contributed by atoms with Crippen molar-refractivity contribution in [2.75, 3.05) is 26.9 Å². The molecule has 1 aliphatic rings. The Morgan fingerprint density at radius 2 is 2.35 bits per heavy atom. The number of benzene rings is 1. The number of hydrogen-bond acceptors (Lipinski definition) is 4. The van der Waals surface area contributed by atoms with Crippen LogP contribution in [0.1, 0.15) is 5.56 Å². The predicted octanol–water partition coefficient (Wildman–Crippen LogP) is 0.587. The molecular weight excluding hydrogens is 218 g/mol. The van der Waals surface area contributed by atoms with Crippen molar-refractivity contribution in [2.45, 2.75) is 18.6 Å². The fraction of sp³-hybridized carbons (Fsp3) is 0.538. The van der Waals surface area contributed by atoms with Crippen molar-refractivity contribution >= 4 is 0 Å². The third-order valence-corrected chi connectivity index (χ3v) is 3.00. The average molecular weight is 237 g/mol. The van der Waals surface area contributed by atoms with Gasteiger partial charge in [0.1, 0.15) is 5.75 Å². The van der Waals surface area contributed by atoms with Gasteiger partial charge in [0.05, 0.1) is 32.5 Å². The Morgan fingerprint density at radius 1 is 1.47 bits per heavy atom. The lowest BCUT2D eigenvalue weighted by Gasteiger charge is -2.14. The third kappa shape index (κ3) is 3.43. The highest BCUT2D eigenvalue weighted by Gasteiger charge is 2.24. The van der Waals surface area contributed by atoms with Crippen LogP contribution in [-0.4, -0.2) is 44.1 Å². The average Bonchev–Trinajstić information content (AvgIpc) is 2.76. The number of rotatable bonds is 5. The summed E-state index contributed by atoms with van der Waals surface area (Å²) in [5.41, 5.74) is 1.23. The van der Waals surface area contributed by atoms with E-state index in [0.717, 1.165) is 18.7 Å². The Balaban J connectivity index is 1.77. The van der Waals surface area contributed by atoms with Gasteiger partial charge in [-0.1, -0.05) is 12.1 Å². The summed E-state index contributed by atoms with van der Waals surface area (Å²) in [5.74, 6) is 0.881. The fourth-order valence-electron chi connectivity index (χ4n) is 1.97. The molecule has 1 aromatic rings. The van der Waals surface area contributed by atoms with Gasteiger partial charge in [0.25, 0.3) is 0 Å². The van der Waals surface area contributed by atoms with Crippen LogP contribution in [0.4, 0.5) is 0 Å². The monoisotopic (exact) mass is 237 g/mol. The number of ether oxygens (including phenoxy) is 2. The minimum Gasteiger partial charge on any atom is -0.497 e. The molecule has 4 heteroatoms. The molecule has 0 radical (unpaired) electrons. The molecule has 1 fully saturated rings. The van der Waals surface area contributed by atoms with Crippen LogP contribution in [0.15, 0.2) is 24.3 Å². The third-order valence-electron chi connectivity index (χ3n) is 3.00. The van der Waals surface area contributed by atoms with E-state index in [1.807, 2.05) is 18.2 Å². The summed E-state index contributed by atoms with van der Waals surface area (Å²) >= 11 is 0. The van der Waals surface area contributed by atoms with Gasteiger partial charge in [0.2, 0.25) is 0 Å². The van der Waals surface area contributed by atoms with Gasteiger partial charge in [0.15, 0.2) is 0 Å². The zero-order valence-corrected chi connectivity index (χ0v) is 10.1. The Kier molecular flexibility index (Phi) is 4.36. The van der Waals surface area contributed by atoms with Crippen molar-refractivity contribution < 1.29 is 14.6 Å². The number of nitrogens with one attached hydrogen (secondary N) is 1. The fourth-order valence-corrected chi connectivity index (χ4v) is 1.97. The van der Waals surface area contributed by atoms with Crippen molar-refractivity contribution in [3.8, 4) is 5.75 Å². The van der Waals surface area contributed by atoms with Gasteiger partial charge in [-0.05, 0) is 30.7 Å². The maximum atomic E-state index is 9.56.